The van der Waals surface area contributed by atoms with Crippen LogP contribution in [0.3, 0.4) is 0 Å². The van der Waals surface area contributed by atoms with Gasteiger partial charge in [0.1, 0.15) is 0 Å². The highest BCUT2D eigenvalue weighted by Crippen LogP contribution is 2.32. The van der Waals surface area contributed by atoms with Crippen LogP contribution in [-0.4, -0.2) is 19.2 Å². The quantitative estimate of drug-likeness (QED) is 0.841. The summed E-state index contributed by atoms with van der Waals surface area (Å²) in [6, 6.07) is 3.10. The molecule has 1 heterocycles. The Labute approximate surface area is 103 Å². The number of aryl methyl sites for hydroxylation is 1. The zero-order valence-electron chi connectivity index (χ0n) is 9.78. The number of rotatable bonds is 3. The Morgan fingerprint density at radius 1 is 1.24 bits per heavy atom. The maximum Gasteiger partial charge on any atom is 0.273 e. The molecule has 0 aliphatic rings. The van der Waals surface area contributed by atoms with Gasteiger partial charge in [0.15, 0.2) is 11.6 Å². The molecule has 1 aromatic carbocycles. The Hall–Kier alpha value is -1.62. The number of hydrogen-bond acceptors (Lipinski definition) is 4. The highest BCUT2D eigenvalue weighted by Gasteiger charge is 2.12. The Morgan fingerprint density at radius 3 is 2.59 bits per heavy atom. The molecule has 90 valence electrons. The number of ether oxygens (including phenoxy) is 2. The van der Waals surface area contributed by atoms with Crippen LogP contribution in [0.15, 0.2) is 17.5 Å². The van der Waals surface area contributed by atoms with E-state index in [0.717, 1.165) is 11.1 Å². The summed E-state index contributed by atoms with van der Waals surface area (Å²) in [6.45, 7) is 1.89. The maximum absolute atomic E-state index is 13.6. The molecule has 0 fully saturated rings. The van der Waals surface area contributed by atoms with Gasteiger partial charge >= 0.3 is 0 Å². The van der Waals surface area contributed by atoms with Crippen molar-refractivity contribution in [3.8, 4) is 22.2 Å². The van der Waals surface area contributed by atoms with Crippen molar-refractivity contribution in [1.82, 2.24) is 4.98 Å². The van der Waals surface area contributed by atoms with Crippen LogP contribution in [0.1, 0.15) is 5.56 Å². The molecule has 0 spiro atoms. The van der Waals surface area contributed by atoms with E-state index in [1.165, 1.54) is 24.5 Å². The van der Waals surface area contributed by atoms with E-state index in [1.54, 1.807) is 13.2 Å². The monoisotopic (exact) mass is 253 g/mol. The molecule has 3 nitrogen and oxygen atoms in total. The van der Waals surface area contributed by atoms with Gasteiger partial charge in [0, 0.05) is 10.9 Å². The molecule has 2 aromatic rings. The van der Waals surface area contributed by atoms with Crippen molar-refractivity contribution in [1.29, 1.82) is 0 Å². The molecule has 0 saturated carbocycles. The minimum atomic E-state index is -0.389. The second-order valence-corrected chi connectivity index (χ2v) is 4.33. The number of aromatic nitrogens is 1. The molecule has 2 rings (SSSR count). The summed E-state index contributed by atoms with van der Waals surface area (Å²) in [5.41, 5.74) is 2.38. The van der Waals surface area contributed by atoms with Crippen LogP contribution >= 0.6 is 11.3 Å². The van der Waals surface area contributed by atoms with Crippen LogP contribution in [0, 0.1) is 12.7 Å². The highest BCUT2D eigenvalue weighted by atomic mass is 32.1. The van der Waals surface area contributed by atoms with Gasteiger partial charge in [-0.05, 0) is 24.6 Å². The fraction of sp³-hybridized carbons (Fsp3) is 0.250. The minimum Gasteiger partial charge on any atom is -0.494 e. The molecule has 0 aliphatic carbocycles. The van der Waals surface area contributed by atoms with Crippen molar-refractivity contribution < 1.29 is 13.9 Å². The molecule has 17 heavy (non-hydrogen) atoms. The van der Waals surface area contributed by atoms with Crippen LogP contribution in [0.4, 0.5) is 4.39 Å². The van der Waals surface area contributed by atoms with Crippen LogP contribution in [0.25, 0.3) is 11.3 Å². The Balaban J connectivity index is 2.48. The van der Waals surface area contributed by atoms with Crippen molar-refractivity contribution in [2.75, 3.05) is 14.2 Å². The lowest BCUT2D eigenvalue weighted by atomic mass is 10.1. The van der Waals surface area contributed by atoms with E-state index in [1.807, 2.05) is 12.3 Å². The first-order valence-electron chi connectivity index (χ1n) is 4.99. The minimum absolute atomic E-state index is 0.244. The molecule has 0 atom stereocenters. The van der Waals surface area contributed by atoms with Crippen LogP contribution in [0.5, 0.6) is 10.9 Å². The van der Waals surface area contributed by atoms with E-state index in [4.69, 9.17) is 9.47 Å². The summed E-state index contributed by atoms with van der Waals surface area (Å²) >= 11 is 1.38. The van der Waals surface area contributed by atoms with Gasteiger partial charge in [-0.2, -0.15) is 0 Å². The van der Waals surface area contributed by atoms with Crippen LogP contribution in [-0.2, 0) is 0 Å². The SMILES string of the molecule is COc1nc(-c2cc(F)c(OC)cc2C)cs1. The Morgan fingerprint density at radius 2 is 2.00 bits per heavy atom. The number of methoxy groups -OCH3 is 2. The van der Waals surface area contributed by atoms with Gasteiger partial charge in [-0.1, -0.05) is 11.3 Å². The predicted molar refractivity (Wildman–Crippen MR) is 65.3 cm³/mol. The van der Waals surface area contributed by atoms with Gasteiger partial charge in [0.05, 0.1) is 19.9 Å². The van der Waals surface area contributed by atoms with Gasteiger partial charge < -0.3 is 9.47 Å². The van der Waals surface area contributed by atoms with Crippen molar-refractivity contribution in [3.63, 3.8) is 0 Å². The van der Waals surface area contributed by atoms with E-state index in [9.17, 15) is 4.39 Å². The third-order valence-corrected chi connectivity index (χ3v) is 3.23. The smallest absolute Gasteiger partial charge is 0.273 e. The summed E-state index contributed by atoms with van der Waals surface area (Å²) in [6.07, 6.45) is 0. The van der Waals surface area contributed by atoms with Gasteiger partial charge in [-0.25, -0.2) is 9.37 Å². The first kappa shape index (κ1) is 11.9. The number of benzene rings is 1. The topological polar surface area (TPSA) is 31.4 Å². The van der Waals surface area contributed by atoms with E-state index in [2.05, 4.69) is 4.98 Å². The summed E-state index contributed by atoms with van der Waals surface area (Å²) in [5, 5.41) is 2.41. The average molecular weight is 253 g/mol. The summed E-state index contributed by atoms with van der Waals surface area (Å²) in [7, 11) is 3.01. The third kappa shape index (κ3) is 2.24. The molecule has 0 aliphatic heterocycles. The first-order valence-corrected chi connectivity index (χ1v) is 5.87. The molecule has 0 unspecified atom stereocenters. The van der Waals surface area contributed by atoms with Crippen molar-refractivity contribution in [2.24, 2.45) is 0 Å². The van der Waals surface area contributed by atoms with Crippen molar-refractivity contribution >= 4 is 11.3 Å². The fourth-order valence-electron chi connectivity index (χ4n) is 1.56. The molecule has 0 saturated heterocycles. The fourth-order valence-corrected chi connectivity index (χ4v) is 2.20. The summed E-state index contributed by atoms with van der Waals surface area (Å²) in [4.78, 5) is 4.25. The van der Waals surface area contributed by atoms with Crippen molar-refractivity contribution in [3.05, 3.63) is 28.9 Å². The molecule has 0 bridgehead atoms. The molecule has 0 N–H and O–H groups in total. The molecule has 5 heteroatoms. The number of halogens is 1. The van der Waals surface area contributed by atoms with Gasteiger partial charge in [0.25, 0.3) is 5.19 Å². The standard InChI is InChI=1S/C12H12FNO2S/c1-7-4-11(15-2)9(13)5-8(7)10-6-17-12(14-10)16-3/h4-6H,1-3H3. The lowest BCUT2D eigenvalue weighted by Crippen LogP contribution is -1.92. The van der Waals surface area contributed by atoms with Crippen molar-refractivity contribution in [2.45, 2.75) is 6.92 Å². The van der Waals surface area contributed by atoms with E-state index >= 15 is 0 Å². The van der Waals surface area contributed by atoms with Gasteiger partial charge in [-0.15, -0.1) is 0 Å². The Bertz CT molecular complexity index is 539. The van der Waals surface area contributed by atoms with Gasteiger partial charge in [-0.3, -0.25) is 0 Å². The third-order valence-electron chi connectivity index (χ3n) is 2.43. The number of hydrogen-bond donors (Lipinski definition) is 0. The zero-order chi connectivity index (χ0) is 12.4. The predicted octanol–water partition coefficient (Wildman–Crippen LogP) is 3.27. The van der Waals surface area contributed by atoms with E-state index in [0.29, 0.717) is 10.9 Å². The van der Waals surface area contributed by atoms with Gasteiger partial charge in [0.2, 0.25) is 0 Å². The molecule has 0 amide bonds. The number of thiazole rings is 1. The largest absolute Gasteiger partial charge is 0.494 e. The normalized spacial score (nSPS) is 10.4. The van der Waals surface area contributed by atoms with E-state index < -0.39 is 0 Å². The second kappa shape index (κ2) is 4.71. The second-order valence-electron chi connectivity index (χ2n) is 3.50. The van der Waals surface area contributed by atoms with E-state index in [-0.39, 0.29) is 11.6 Å². The van der Waals surface area contributed by atoms with Crippen LogP contribution in [0.2, 0.25) is 0 Å². The average Bonchev–Trinajstić information content (AvgIpc) is 2.80. The lowest BCUT2D eigenvalue weighted by Gasteiger charge is -2.07. The molecular formula is C12H12FNO2S. The Kier molecular flexibility index (Phi) is 3.28. The molecule has 0 radical (unpaired) electrons. The molecule has 1 aromatic heterocycles. The molecular weight excluding hydrogens is 241 g/mol. The summed E-state index contributed by atoms with van der Waals surface area (Å²) < 4.78 is 23.6. The lowest BCUT2D eigenvalue weighted by molar-refractivity contribution is 0.386. The zero-order valence-corrected chi connectivity index (χ0v) is 10.6. The van der Waals surface area contributed by atoms with Crippen LogP contribution < -0.4 is 9.47 Å². The number of nitrogens with zero attached hydrogens (tertiary/aromatic N) is 1. The summed E-state index contributed by atoms with van der Waals surface area (Å²) in [5.74, 6) is -0.145. The maximum atomic E-state index is 13.6. The first-order chi connectivity index (χ1) is 8.15. The highest BCUT2D eigenvalue weighted by molar-refractivity contribution is 7.11.